The van der Waals surface area contributed by atoms with Gasteiger partial charge in [0.2, 0.25) is 0 Å². The molecule has 0 aromatic carbocycles. The molecular weight excluding hydrogens is 253 g/mol. The number of alkyl halides is 3. The second kappa shape index (κ2) is 7.00. The molecule has 7 heteroatoms. The van der Waals surface area contributed by atoms with Gasteiger partial charge in [0, 0.05) is 12.6 Å². The first kappa shape index (κ1) is 14.5. The van der Waals surface area contributed by atoms with E-state index in [9.17, 15) is 13.2 Å². The van der Waals surface area contributed by atoms with Crippen molar-refractivity contribution in [3.8, 4) is 0 Å². The van der Waals surface area contributed by atoms with Gasteiger partial charge in [-0.3, -0.25) is 0 Å². The summed E-state index contributed by atoms with van der Waals surface area (Å²) < 4.78 is 39.6. The van der Waals surface area contributed by atoms with E-state index in [0.717, 1.165) is 12.8 Å². The highest BCUT2D eigenvalue weighted by atomic mass is 32.1. The van der Waals surface area contributed by atoms with Crippen LogP contribution in [0.25, 0.3) is 0 Å². The Kier molecular flexibility index (Phi) is 5.97. The van der Waals surface area contributed by atoms with Gasteiger partial charge in [0.15, 0.2) is 5.11 Å². The average Bonchev–Trinajstić information content (AvgIpc) is 2.68. The molecule has 0 atom stereocenters. The van der Waals surface area contributed by atoms with Gasteiger partial charge < -0.3 is 15.4 Å². The lowest BCUT2D eigenvalue weighted by molar-refractivity contribution is -0.173. The summed E-state index contributed by atoms with van der Waals surface area (Å²) >= 11 is 5.01. The second-order valence-electron chi connectivity index (χ2n) is 4.05. The van der Waals surface area contributed by atoms with E-state index in [4.69, 9.17) is 12.2 Å². The van der Waals surface area contributed by atoms with E-state index >= 15 is 0 Å². The Morgan fingerprint density at radius 3 is 2.53 bits per heavy atom. The van der Waals surface area contributed by atoms with Crippen LogP contribution in [0.4, 0.5) is 13.2 Å². The van der Waals surface area contributed by atoms with Crippen molar-refractivity contribution in [1.29, 1.82) is 0 Å². The quantitative estimate of drug-likeness (QED) is 0.591. The Hall–Kier alpha value is -0.560. The van der Waals surface area contributed by atoms with Gasteiger partial charge in [-0.05, 0) is 25.1 Å². The smallest absolute Gasteiger partial charge is 0.370 e. The van der Waals surface area contributed by atoms with Crippen LogP contribution < -0.4 is 10.6 Å². The fraction of sp³-hybridized carbons (Fsp3) is 0.900. The summed E-state index contributed by atoms with van der Waals surface area (Å²) in [5.41, 5.74) is 0. The van der Waals surface area contributed by atoms with Crippen molar-refractivity contribution in [3.05, 3.63) is 0 Å². The highest BCUT2D eigenvalue weighted by molar-refractivity contribution is 7.80. The summed E-state index contributed by atoms with van der Waals surface area (Å²) in [7, 11) is 0. The number of halogens is 3. The van der Waals surface area contributed by atoms with Gasteiger partial charge in [-0.15, -0.1) is 0 Å². The maximum atomic E-state index is 11.7. The molecule has 1 aliphatic rings. The number of hydrogen-bond acceptors (Lipinski definition) is 2. The van der Waals surface area contributed by atoms with Crippen molar-refractivity contribution in [1.82, 2.24) is 10.6 Å². The van der Waals surface area contributed by atoms with Gasteiger partial charge in [-0.1, -0.05) is 12.8 Å². The minimum absolute atomic E-state index is 0.00794. The van der Waals surface area contributed by atoms with Crippen molar-refractivity contribution in [2.45, 2.75) is 37.9 Å². The summed E-state index contributed by atoms with van der Waals surface area (Å²) in [6.07, 6.45) is 0.353. The molecule has 3 nitrogen and oxygen atoms in total. The van der Waals surface area contributed by atoms with Crippen LogP contribution in [-0.2, 0) is 4.74 Å². The molecule has 0 bridgehead atoms. The third kappa shape index (κ3) is 7.38. The molecule has 0 saturated heterocycles. The predicted octanol–water partition coefficient (Wildman–Crippen LogP) is 1.97. The molecule has 0 amide bonds. The van der Waals surface area contributed by atoms with E-state index in [-0.39, 0.29) is 13.2 Å². The van der Waals surface area contributed by atoms with Crippen LogP contribution in [0.1, 0.15) is 25.7 Å². The molecule has 0 aromatic heterocycles. The van der Waals surface area contributed by atoms with Gasteiger partial charge in [-0.25, -0.2) is 0 Å². The topological polar surface area (TPSA) is 33.3 Å². The summed E-state index contributed by atoms with van der Waals surface area (Å²) in [4.78, 5) is 0. The lowest BCUT2D eigenvalue weighted by atomic mass is 10.3. The molecule has 1 saturated carbocycles. The van der Waals surface area contributed by atoms with Crippen LogP contribution in [0.2, 0.25) is 0 Å². The Morgan fingerprint density at radius 1 is 1.29 bits per heavy atom. The molecule has 0 aromatic rings. The number of hydrogen-bond donors (Lipinski definition) is 2. The zero-order valence-corrected chi connectivity index (χ0v) is 10.3. The average molecular weight is 270 g/mol. The Labute approximate surface area is 104 Å². The van der Waals surface area contributed by atoms with E-state index in [2.05, 4.69) is 15.4 Å². The second-order valence-corrected chi connectivity index (χ2v) is 4.46. The summed E-state index contributed by atoms with van der Waals surface area (Å²) in [6, 6.07) is 0.408. The molecule has 17 heavy (non-hydrogen) atoms. The van der Waals surface area contributed by atoms with E-state index < -0.39 is 12.8 Å². The molecule has 1 fully saturated rings. The van der Waals surface area contributed by atoms with Crippen LogP contribution in [0.3, 0.4) is 0 Å². The molecule has 0 heterocycles. The largest absolute Gasteiger partial charge is 0.411 e. The van der Waals surface area contributed by atoms with E-state index in [1.807, 2.05) is 0 Å². The van der Waals surface area contributed by atoms with Crippen LogP contribution in [0, 0.1) is 0 Å². The van der Waals surface area contributed by atoms with E-state index in [0.29, 0.717) is 11.2 Å². The van der Waals surface area contributed by atoms with Crippen molar-refractivity contribution in [3.63, 3.8) is 0 Å². The Balaban J connectivity index is 1.96. The number of thiocarbonyl (C=S) groups is 1. The lowest BCUT2D eigenvalue weighted by Gasteiger charge is -2.15. The fourth-order valence-electron chi connectivity index (χ4n) is 1.73. The van der Waals surface area contributed by atoms with Gasteiger partial charge >= 0.3 is 6.18 Å². The molecule has 0 radical (unpaired) electrons. The molecule has 0 unspecified atom stereocenters. The standard InChI is InChI=1S/C10H17F3N2OS/c11-10(12,13)7-16-6-5-14-9(17)15-8-3-1-2-4-8/h8H,1-7H2,(H2,14,15,17). The first-order valence-corrected chi connectivity index (χ1v) is 6.07. The summed E-state index contributed by atoms with van der Waals surface area (Å²) in [5.74, 6) is 0. The highest BCUT2D eigenvalue weighted by Crippen LogP contribution is 2.17. The van der Waals surface area contributed by atoms with Crippen LogP contribution >= 0.6 is 12.2 Å². The molecule has 100 valence electrons. The fourth-order valence-corrected chi connectivity index (χ4v) is 2.00. The Morgan fingerprint density at radius 2 is 1.94 bits per heavy atom. The van der Waals surface area contributed by atoms with Crippen molar-refractivity contribution >= 4 is 17.3 Å². The first-order chi connectivity index (χ1) is 7.97. The molecule has 0 aliphatic heterocycles. The first-order valence-electron chi connectivity index (χ1n) is 5.66. The van der Waals surface area contributed by atoms with Gasteiger partial charge in [0.1, 0.15) is 6.61 Å². The molecule has 0 spiro atoms. The van der Waals surface area contributed by atoms with Crippen molar-refractivity contribution in [2.75, 3.05) is 19.8 Å². The molecule has 1 aliphatic carbocycles. The SMILES string of the molecule is FC(F)(F)COCCNC(=S)NC1CCCC1. The highest BCUT2D eigenvalue weighted by Gasteiger charge is 2.27. The minimum atomic E-state index is -4.26. The zero-order chi connectivity index (χ0) is 12.7. The van der Waals surface area contributed by atoms with E-state index in [1.165, 1.54) is 12.8 Å². The maximum absolute atomic E-state index is 11.7. The van der Waals surface area contributed by atoms with E-state index in [1.54, 1.807) is 0 Å². The minimum Gasteiger partial charge on any atom is -0.370 e. The van der Waals surface area contributed by atoms with Crippen LogP contribution in [0.15, 0.2) is 0 Å². The normalized spacial score (nSPS) is 17.1. The van der Waals surface area contributed by atoms with Gasteiger partial charge in [0.05, 0.1) is 6.61 Å². The Bertz CT molecular complexity index is 242. The number of nitrogens with one attached hydrogen (secondary N) is 2. The molecule has 2 N–H and O–H groups in total. The maximum Gasteiger partial charge on any atom is 0.411 e. The van der Waals surface area contributed by atoms with Crippen molar-refractivity contribution < 1.29 is 17.9 Å². The summed E-state index contributed by atoms with van der Waals surface area (Å²) in [5, 5.41) is 6.45. The monoisotopic (exact) mass is 270 g/mol. The van der Waals surface area contributed by atoms with Crippen LogP contribution in [-0.4, -0.2) is 37.1 Å². The number of rotatable bonds is 5. The summed E-state index contributed by atoms with van der Waals surface area (Å²) in [6.45, 7) is -0.932. The van der Waals surface area contributed by atoms with Gasteiger partial charge in [-0.2, -0.15) is 13.2 Å². The lowest BCUT2D eigenvalue weighted by Crippen LogP contribution is -2.42. The van der Waals surface area contributed by atoms with Crippen molar-refractivity contribution in [2.24, 2.45) is 0 Å². The number of ether oxygens (including phenoxy) is 1. The predicted molar refractivity (Wildman–Crippen MR) is 62.9 cm³/mol. The van der Waals surface area contributed by atoms with Gasteiger partial charge in [0.25, 0.3) is 0 Å². The zero-order valence-electron chi connectivity index (χ0n) is 9.48. The van der Waals surface area contributed by atoms with Crippen LogP contribution in [0.5, 0.6) is 0 Å². The molecular formula is C10H17F3N2OS. The third-order valence-electron chi connectivity index (χ3n) is 2.49. The molecule has 1 rings (SSSR count). The third-order valence-corrected chi connectivity index (χ3v) is 2.75.